The number of rotatable bonds is 5. The Kier molecular flexibility index (Phi) is 4.30. The van der Waals surface area contributed by atoms with E-state index in [0.717, 1.165) is 6.42 Å². The third-order valence-corrected chi connectivity index (χ3v) is 2.41. The minimum Gasteiger partial charge on any atom is -0.395 e. The SMILES string of the molecule is CCC(COC)NC(=O)c1n[nH]c(C)c1N. The predicted molar refractivity (Wildman–Crippen MR) is 61.2 cm³/mol. The Labute approximate surface area is 94.5 Å². The standard InChI is InChI=1S/C10H18N4O2/c1-4-7(5-16-3)12-10(15)9-8(11)6(2)13-14-9/h7H,4-5,11H2,1-3H3,(H,12,15)(H,13,14). The molecule has 0 aliphatic carbocycles. The zero-order chi connectivity index (χ0) is 12.1. The number of carbonyl (C=O) groups is 1. The van der Waals surface area contributed by atoms with E-state index in [-0.39, 0.29) is 17.6 Å². The van der Waals surface area contributed by atoms with Crippen molar-refractivity contribution in [3.8, 4) is 0 Å². The van der Waals surface area contributed by atoms with E-state index in [9.17, 15) is 4.79 Å². The highest BCUT2D eigenvalue weighted by molar-refractivity contribution is 5.97. The first-order valence-corrected chi connectivity index (χ1v) is 5.20. The molecule has 0 fully saturated rings. The number of hydrogen-bond donors (Lipinski definition) is 3. The van der Waals surface area contributed by atoms with Gasteiger partial charge in [0.2, 0.25) is 0 Å². The van der Waals surface area contributed by atoms with Gasteiger partial charge in [0.15, 0.2) is 5.69 Å². The van der Waals surface area contributed by atoms with E-state index in [1.807, 2.05) is 6.92 Å². The van der Waals surface area contributed by atoms with Gasteiger partial charge in [-0.3, -0.25) is 9.89 Å². The Hall–Kier alpha value is -1.56. The van der Waals surface area contributed by atoms with E-state index in [2.05, 4.69) is 15.5 Å². The third-order valence-electron chi connectivity index (χ3n) is 2.41. The molecule has 6 heteroatoms. The van der Waals surface area contributed by atoms with Crippen LogP contribution >= 0.6 is 0 Å². The van der Waals surface area contributed by atoms with E-state index in [1.165, 1.54) is 0 Å². The number of H-pyrrole nitrogens is 1. The summed E-state index contributed by atoms with van der Waals surface area (Å²) in [6.07, 6.45) is 0.795. The fourth-order valence-electron chi connectivity index (χ4n) is 1.33. The van der Waals surface area contributed by atoms with Gasteiger partial charge in [0.25, 0.3) is 5.91 Å². The first-order valence-electron chi connectivity index (χ1n) is 5.20. The van der Waals surface area contributed by atoms with Crippen molar-refractivity contribution in [1.29, 1.82) is 0 Å². The molecule has 4 N–H and O–H groups in total. The van der Waals surface area contributed by atoms with E-state index < -0.39 is 0 Å². The molecule has 1 rings (SSSR count). The number of nitrogen functional groups attached to an aromatic ring is 1. The highest BCUT2D eigenvalue weighted by Crippen LogP contribution is 2.12. The van der Waals surface area contributed by atoms with E-state index >= 15 is 0 Å². The second-order valence-corrected chi connectivity index (χ2v) is 3.64. The van der Waals surface area contributed by atoms with Crippen molar-refractivity contribution in [2.45, 2.75) is 26.3 Å². The molecule has 1 aromatic heterocycles. The number of nitrogens with zero attached hydrogens (tertiary/aromatic N) is 1. The number of aromatic amines is 1. The molecule has 1 heterocycles. The molecule has 0 radical (unpaired) electrons. The van der Waals surface area contributed by atoms with Gasteiger partial charge < -0.3 is 15.8 Å². The molecule has 1 aromatic rings. The summed E-state index contributed by atoms with van der Waals surface area (Å²) in [6, 6.07) is -0.0195. The number of methoxy groups -OCH3 is 1. The van der Waals surface area contributed by atoms with Gasteiger partial charge in [-0.25, -0.2) is 0 Å². The summed E-state index contributed by atoms with van der Waals surface area (Å²) in [5.74, 6) is -0.272. The second kappa shape index (κ2) is 5.50. The van der Waals surface area contributed by atoms with Crippen molar-refractivity contribution in [1.82, 2.24) is 15.5 Å². The zero-order valence-corrected chi connectivity index (χ0v) is 9.83. The normalized spacial score (nSPS) is 12.4. The van der Waals surface area contributed by atoms with Crippen LogP contribution in [0.2, 0.25) is 0 Å². The lowest BCUT2D eigenvalue weighted by Crippen LogP contribution is -2.38. The van der Waals surface area contributed by atoms with Crippen LogP contribution < -0.4 is 11.1 Å². The summed E-state index contributed by atoms with van der Waals surface area (Å²) in [7, 11) is 1.60. The molecular weight excluding hydrogens is 208 g/mol. The average Bonchev–Trinajstić information content (AvgIpc) is 2.59. The van der Waals surface area contributed by atoms with Crippen molar-refractivity contribution < 1.29 is 9.53 Å². The molecule has 0 aliphatic heterocycles. The first kappa shape index (κ1) is 12.5. The summed E-state index contributed by atoms with van der Waals surface area (Å²) in [6.45, 7) is 4.22. The van der Waals surface area contributed by atoms with Crippen LogP contribution in [0.4, 0.5) is 5.69 Å². The maximum atomic E-state index is 11.8. The molecule has 16 heavy (non-hydrogen) atoms. The van der Waals surface area contributed by atoms with Crippen LogP contribution in [-0.2, 0) is 4.74 Å². The van der Waals surface area contributed by atoms with Gasteiger partial charge in [0.1, 0.15) is 0 Å². The van der Waals surface area contributed by atoms with Gasteiger partial charge in [0.05, 0.1) is 24.0 Å². The summed E-state index contributed by atoms with van der Waals surface area (Å²) in [4.78, 5) is 11.8. The van der Waals surface area contributed by atoms with E-state index in [1.54, 1.807) is 14.0 Å². The van der Waals surface area contributed by atoms with Crippen LogP contribution in [0.1, 0.15) is 29.5 Å². The van der Waals surface area contributed by atoms with E-state index in [4.69, 9.17) is 10.5 Å². The summed E-state index contributed by atoms with van der Waals surface area (Å²) in [5, 5.41) is 9.35. The van der Waals surface area contributed by atoms with Crippen LogP contribution in [0.15, 0.2) is 0 Å². The minimum absolute atomic E-state index is 0.0195. The first-order chi connectivity index (χ1) is 7.60. The molecule has 1 unspecified atom stereocenters. The highest BCUT2D eigenvalue weighted by Gasteiger charge is 2.18. The zero-order valence-electron chi connectivity index (χ0n) is 9.83. The molecule has 6 nitrogen and oxygen atoms in total. The fourth-order valence-corrected chi connectivity index (χ4v) is 1.33. The maximum absolute atomic E-state index is 11.8. The summed E-state index contributed by atoms with van der Waals surface area (Å²) >= 11 is 0. The number of hydrogen-bond acceptors (Lipinski definition) is 4. The van der Waals surface area contributed by atoms with Crippen molar-refractivity contribution in [2.24, 2.45) is 0 Å². The molecule has 90 valence electrons. The van der Waals surface area contributed by atoms with Crippen LogP contribution in [0.25, 0.3) is 0 Å². The lowest BCUT2D eigenvalue weighted by Gasteiger charge is -2.14. The van der Waals surface area contributed by atoms with Gasteiger partial charge in [-0.1, -0.05) is 6.92 Å². The van der Waals surface area contributed by atoms with Crippen LogP contribution in [0, 0.1) is 6.92 Å². The Bertz CT molecular complexity index is 362. The number of nitrogens with two attached hydrogens (primary N) is 1. The Morgan fingerprint density at radius 2 is 2.38 bits per heavy atom. The van der Waals surface area contributed by atoms with Gasteiger partial charge >= 0.3 is 0 Å². The molecule has 1 atom stereocenters. The van der Waals surface area contributed by atoms with Crippen molar-refractivity contribution in [2.75, 3.05) is 19.5 Å². The highest BCUT2D eigenvalue weighted by atomic mass is 16.5. The smallest absolute Gasteiger partial charge is 0.274 e. The molecule has 1 amide bonds. The quantitative estimate of drug-likeness (QED) is 0.679. The molecule has 0 saturated carbocycles. The Morgan fingerprint density at radius 1 is 1.69 bits per heavy atom. The van der Waals surface area contributed by atoms with E-state index in [0.29, 0.717) is 18.0 Å². The Morgan fingerprint density at radius 3 is 2.81 bits per heavy atom. The molecule has 0 saturated heterocycles. The van der Waals surface area contributed by atoms with Crippen molar-refractivity contribution >= 4 is 11.6 Å². The van der Waals surface area contributed by atoms with Crippen molar-refractivity contribution in [3.05, 3.63) is 11.4 Å². The second-order valence-electron chi connectivity index (χ2n) is 3.64. The lowest BCUT2D eigenvalue weighted by molar-refractivity contribution is 0.0890. The van der Waals surface area contributed by atoms with Crippen LogP contribution in [-0.4, -0.2) is 35.9 Å². The number of anilines is 1. The van der Waals surface area contributed by atoms with Crippen LogP contribution in [0.3, 0.4) is 0 Å². The topological polar surface area (TPSA) is 93.0 Å². The number of aryl methyl sites for hydroxylation is 1. The largest absolute Gasteiger partial charge is 0.395 e. The fraction of sp³-hybridized carbons (Fsp3) is 0.600. The van der Waals surface area contributed by atoms with Crippen molar-refractivity contribution in [3.63, 3.8) is 0 Å². The number of carbonyl (C=O) groups excluding carboxylic acids is 1. The predicted octanol–water partition coefficient (Wildman–Crippen LogP) is 0.455. The minimum atomic E-state index is -0.272. The van der Waals surface area contributed by atoms with Gasteiger partial charge in [-0.15, -0.1) is 0 Å². The molecule has 0 spiro atoms. The Balaban J connectivity index is 2.68. The molecule has 0 aromatic carbocycles. The number of nitrogens with one attached hydrogen (secondary N) is 2. The average molecular weight is 226 g/mol. The number of aromatic nitrogens is 2. The number of amides is 1. The molecule has 0 bridgehead atoms. The summed E-state index contributed by atoms with van der Waals surface area (Å²) < 4.78 is 4.99. The molecule has 0 aliphatic rings. The van der Waals surface area contributed by atoms with Gasteiger partial charge in [-0.2, -0.15) is 5.10 Å². The van der Waals surface area contributed by atoms with Crippen LogP contribution in [0.5, 0.6) is 0 Å². The third kappa shape index (κ3) is 2.73. The number of ether oxygens (including phenoxy) is 1. The monoisotopic (exact) mass is 226 g/mol. The maximum Gasteiger partial charge on any atom is 0.274 e. The molecular formula is C10H18N4O2. The lowest BCUT2D eigenvalue weighted by atomic mass is 10.2. The van der Waals surface area contributed by atoms with Gasteiger partial charge in [-0.05, 0) is 13.3 Å². The summed E-state index contributed by atoms with van der Waals surface area (Å²) in [5.41, 5.74) is 7.04. The van der Waals surface area contributed by atoms with Gasteiger partial charge in [0, 0.05) is 7.11 Å².